The summed E-state index contributed by atoms with van der Waals surface area (Å²) in [5.41, 5.74) is 3.49. The molecule has 1 unspecified atom stereocenters. The molecule has 1 amide bonds. The van der Waals surface area contributed by atoms with Crippen LogP contribution in [0, 0.1) is 6.92 Å². The molecule has 0 aliphatic carbocycles. The van der Waals surface area contributed by atoms with Crippen LogP contribution in [0.4, 0.5) is 0 Å². The summed E-state index contributed by atoms with van der Waals surface area (Å²) in [5.74, 6) is -1.15. The first-order valence-corrected chi connectivity index (χ1v) is 13.0. The SMILES string of the molecule is CCOc1cc(/C(O)=C2/C(=O)C(=O)N(CCc3c[nH]c4ccccc34)C2c2sccc2C)ccc1Cl. The molecule has 184 valence electrons. The summed E-state index contributed by atoms with van der Waals surface area (Å²) < 4.78 is 5.56. The number of hydrogen-bond acceptors (Lipinski definition) is 5. The monoisotopic (exact) mass is 520 g/mol. The Labute approximate surface area is 217 Å². The number of ketones is 1. The van der Waals surface area contributed by atoms with Crippen LogP contribution < -0.4 is 4.74 Å². The van der Waals surface area contributed by atoms with E-state index < -0.39 is 17.7 Å². The largest absolute Gasteiger partial charge is 0.507 e. The summed E-state index contributed by atoms with van der Waals surface area (Å²) in [7, 11) is 0. The van der Waals surface area contributed by atoms with Gasteiger partial charge in [-0.1, -0.05) is 29.8 Å². The number of carbonyl (C=O) groups is 2. The van der Waals surface area contributed by atoms with Gasteiger partial charge in [0.05, 0.1) is 23.2 Å². The number of aromatic amines is 1. The van der Waals surface area contributed by atoms with Gasteiger partial charge >= 0.3 is 0 Å². The molecular weight excluding hydrogens is 496 g/mol. The van der Waals surface area contributed by atoms with E-state index >= 15 is 0 Å². The molecule has 8 heteroatoms. The number of aliphatic hydroxyl groups excluding tert-OH is 1. The highest BCUT2D eigenvalue weighted by Crippen LogP contribution is 2.43. The van der Waals surface area contributed by atoms with E-state index in [0.717, 1.165) is 26.9 Å². The lowest BCUT2D eigenvalue weighted by atomic mass is 9.98. The lowest BCUT2D eigenvalue weighted by Gasteiger charge is -2.25. The van der Waals surface area contributed by atoms with Crippen molar-refractivity contribution in [2.24, 2.45) is 0 Å². The normalized spacial score (nSPS) is 17.3. The number of hydrogen-bond donors (Lipinski definition) is 2. The Balaban J connectivity index is 1.56. The van der Waals surface area contributed by atoms with E-state index in [2.05, 4.69) is 4.98 Å². The number of fused-ring (bicyclic) bond motifs is 1. The number of amides is 1. The first-order chi connectivity index (χ1) is 17.4. The van der Waals surface area contributed by atoms with Crippen LogP contribution in [0.5, 0.6) is 5.75 Å². The maximum absolute atomic E-state index is 13.3. The molecule has 1 saturated heterocycles. The van der Waals surface area contributed by atoms with Gasteiger partial charge in [0.2, 0.25) is 0 Å². The standard InChI is InChI=1S/C28H25ClN2O4S/c1-3-35-22-14-17(8-9-20(22)29)25(32)23-24(27-16(2)11-13-36-27)31(28(34)26(23)33)12-10-18-15-30-21-7-5-4-6-19(18)21/h4-9,11,13-15,24,30,32H,3,10,12H2,1-2H3/b25-23-. The molecule has 6 nitrogen and oxygen atoms in total. The van der Waals surface area contributed by atoms with Crippen molar-refractivity contribution in [1.82, 2.24) is 9.88 Å². The molecule has 2 aromatic carbocycles. The van der Waals surface area contributed by atoms with Gasteiger partial charge in [-0.2, -0.15) is 0 Å². The predicted molar refractivity (Wildman–Crippen MR) is 143 cm³/mol. The summed E-state index contributed by atoms with van der Waals surface area (Å²) in [6.07, 6.45) is 2.50. The lowest BCUT2D eigenvalue weighted by Crippen LogP contribution is -2.31. The lowest BCUT2D eigenvalue weighted by molar-refractivity contribution is -0.139. The Morgan fingerprint density at radius 1 is 1.19 bits per heavy atom. The molecule has 1 fully saturated rings. The van der Waals surface area contributed by atoms with E-state index in [1.54, 1.807) is 23.1 Å². The van der Waals surface area contributed by atoms with Gasteiger partial charge in [-0.25, -0.2) is 0 Å². The van der Waals surface area contributed by atoms with E-state index in [1.807, 2.05) is 55.8 Å². The molecule has 2 N–H and O–H groups in total. The summed E-state index contributed by atoms with van der Waals surface area (Å²) in [6.45, 7) is 4.51. The van der Waals surface area contributed by atoms with Gasteiger partial charge in [0, 0.05) is 34.1 Å². The molecule has 1 aliphatic rings. The highest BCUT2D eigenvalue weighted by molar-refractivity contribution is 7.10. The predicted octanol–water partition coefficient (Wildman–Crippen LogP) is 6.25. The van der Waals surface area contributed by atoms with Crippen LogP contribution in [0.3, 0.4) is 0 Å². The van der Waals surface area contributed by atoms with Crippen molar-refractivity contribution in [3.05, 3.63) is 92.3 Å². The highest BCUT2D eigenvalue weighted by Gasteiger charge is 2.46. The number of aliphatic hydroxyl groups is 1. The molecule has 0 spiro atoms. The number of rotatable bonds is 7. The first kappa shape index (κ1) is 24.2. The van der Waals surface area contributed by atoms with Crippen molar-refractivity contribution in [2.45, 2.75) is 26.3 Å². The molecule has 1 aliphatic heterocycles. The zero-order chi connectivity index (χ0) is 25.4. The Morgan fingerprint density at radius 2 is 2.00 bits per heavy atom. The highest BCUT2D eigenvalue weighted by atomic mass is 35.5. The van der Waals surface area contributed by atoms with Gasteiger partial charge < -0.3 is 19.7 Å². The van der Waals surface area contributed by atoms with Gasteiger partial charge in [0.1, 0.15) is 11.5 Å². The van der Waals surface area contributed by atoms with Crippen molar-refractivity contribution in [3.8, 4) is 5.75 Å². The zero-order valence-electron chi connectivity index (χ0n) is 19.9. The molecule has 0 radical (unpaired) electrons. The van der Waals surface area contributed by atoms with E-state index in [4.69, 9.17) is 16.3 Å². The Kier molecular flexibility index (Phi) is 6.60. The van der Waals surface area contributed by atoms with Crippen LogP contribution in [-0.2, 0) is 16.0 Å². The van der Waals surface area contributed by atoms with Crippen molar-refractivity contribution in [3.63, 3.8) is 0 Å². The van der Waals surface area contributed by atoms with E-state index in [-0.39, 0.29) is 11.3 Å². The minimum Gasteiger partial charge on any atom is -0.507 e. The van der Waals surface area contributed by atoms with Crippen LogP contribution in [0.2, 0.25) is 5.02 Å². The second-order valence-corrected chi connectivity index (χ2v) is 10.0. The average Bonchev–Trinajstić information content (AvgIpc) is 3.55. The number of Topliss-reactive ketones (excluding diaryl/α,β-unsaturated/α-hetero) is 1. The number of aromatic nitrogens is 1. The molecule has 2 aromatic heterocycles. The molecule has 3 heterocycles. The second-order valence-electron chi connectivity index (χ2n) is 8.65. The second kappa shape index (κ2) is 9.84. The minimum atomic E-state index is -0.697. The van der Waals surface area contributed by atoms with Gasteiger partial charge in [0.25, 0.3) is 11.7 Å². The zero-order valence-corrected chi connectivity index (χ0v) is 21.4. The van der Waals surface area contributed by atoms with Crippen molar-refractivity contribution < 1.29 is 19.4 Å². The number of thiophene rings is 1. The third-order valence-corrected chi connectivity index (χ3v) is 7.88. The number of benzene rings is 2. The smallest absolute Gasteiger partial charge is 0.295 e. The topological polar surface area (TPSA) is 82.6 Å². The number of para-hydroxylation sites is 1. The molecule has 5 rings (SSSR count). The number of nitrogens with zero attached hydrogens (tertiary/aromatic N) is 1. The van der Waals surface area contributed by atoms with E-state index in [1.165, 1.54) is 11.3 Å². The third-order valence-electron chi connectivity index (χ3n) is 6.49. The fourth-order valence-corrected chi connectivity index (χ4v) is 5.92. The number of likely N-dealkylation sites (tertiary alicyclic amines) is 1. The summed E-state index contributed by atoms with van der Waals surface area (Å²) >= 11 is 7.69. The van der Waals surface area contributed by atoms with Crippen LogP contribution >= 0.6 is 22.9 Å². The Hall–Kier alpha value is -3.55. The molecule has 0 bridgehead atoms. The number of nitrogens with one attached hydrogen (secondary N) is 1. The van der Waals surface area contributed by atoms with E-state index in [0.29, 0.717) is 35.9 Å². The van der Waals surface area contributed by atoms with Crippen molar-refractivity contribution in [2.75, 3.05) is 13.2 Å². The summed E-state index contributed by atoms with van der Waals surface area (Å²) in [4.78, 5) is 32.3. The van der Waals surface area contributed by atoms with Gasteiger partial charge in [-0.05, 0) is 67.1 Å². The molecule has 0 saturated carbocycles. The quantitative estimate of drug-likeness (QED) is 0.171. The minimum absolute atomic E-state index is 0.0780. The number of H-pyrrole nitrogens is 1. The number of carbonyl (C=O) groups excluding carboxylic acids is 2. The maximum atomic E-state index is 13.3. The van der Waals surface area contributed by atoms with Crippen molar-refractivity contribution in [1.29, 1.82) is 0 Å². The number of aryl methyl sites for hydroxylation is 1. The maximum Gasteiger partial charge on any atom is 0.295 e. The third kappa shape index (κ3) is 4.18. The number of ether oxygens (including phenoxy) is 1. The molecule has 4 aromatic rings. The van der Waals surface area contributed by atoms with Crippen LogP contribution in [0.25, 0.3) is 16.7 Å². The average molecular weight is 521 g/mol. The Bertz CT molecular complexity index is 1500. The summed E-state index contributed by atoms with van der Waals surface area (Å²) in [6, 6.07) is 14.1. The fraction of sp³-hybridized carbons (Fsp3) is 0.214. The molecule has 36 heavy (non-hydrogen) atoms. The van der Waals surface area contributed by atoms with Crippen LogP contribution in [0.15, 0.2) is 65.7 Å². The molecular formula is C28H25ClN2O4S. The fourth-order valence-electron chi connectivity index (χ4n) is 4.70. The van der Waals surface area contributed by atoms with Gasteiger partial charge in [0.15, 0.2) is 0 Å². The van der Waals surface area contributed by atoms with Crippen LogP contribution in [-0.4, -0.2) is 39.8 Å². The first-order valence-electron chi connectivity index (χ1n) is 11.7. The molecule has 1 atom stereocenters. The van der Waals surface area contributed by atoms with Crippen LogP contribution in [0.1, 0.15) is 34.5 Å². The summed E-state index contributed by atoms with van der Waals surface area (Å²) in [5, 5.41) is 14.8. The Morgan fingerprint density at radius 3 is 2.75 bits per heavy atom. The number of halogens is 1. The van der Waals surface area contributed by atoms with E-state index in [9.17, 15) is 14.7 Å². The van der Waals surface area contributed by atoms with Crippen molar-refractivity contribution >= 4 is 51.3 Å². The van der Waals surface area contributed by atoms with Gasteiger partial charge in [-0.15, -0.1) is 11.3 Å². The van der Waals surface area contributed by atoms with Gasteiger partial charge in [-0.3, -0.25) is 9.59 Å².